The van der Waals surface area contributed by atoms with E-state index in [4.69, 9.17) is 5.73 Å². The first kappa shape index (κ1) is 13.2. The van der Waals surface area contributed by atoms with Crippen LogP contribution < -0.4 is 10.6 Å². The van der Waals surface area contributed by atoms with Crippen LogP contribution in [0.25, 0.3) is 0 Å². The molecule has 18 heavy (non-hydrogen) atoms. The number of nitrogens with two attached hydrogens (primary N) is 1. The molecule has 2 rings (SSSR count). The van der Waals surface area contributed by atoms with E-state index >= 15 is 0 Å². The maximum Gasteiger partial charge on any atom is 0.150 e. The van der Waals surface area contributed by atoms with Crippen LogP contribution in [0.2, 0.25) is 0 Å². The van der Waals surface area contributed by atoms with Gasteiger partial charge in [0.05, 0.1) is 11.4 Å². The molecule has 0 saturated carbocycles. The van der Waals surface area contributed by atoms with Crippen molar-refractivity contribution >= 4 is 11.5 Å². The highest BCUT2D eigenvalue weighted by Gasteiger charge is 2.23. The first-order chi connectivity index (χ1) is 8.52. The highest BCUT2D eigenvalue weighted by Crippen LogP contribution is 2.27. The lowest BCUT2D eigenvalue weighted by Crippen LogP contribution is -2.29. The predicted molar refractivity (Wildman–Crippen MR) is 75.9 cm³/mol. The fraction of sp³-hybridized carbons (Fsp3) is 0.769. The Kier molecular flexibility index (Phi) is 3.80. The summed E-state index contributed by atoms with van der Waals surface area (Å²) in [6.07, 6.45) is 2.17. The minimum Gasteiger partial charge on any atom is -0.394 e. The Morgan fingerprint density at radius 2 is 2.17 bits per heavy atom. The van der Waals surface area contributed by atoms with Crippen LogP contribution in [-0.2, 0) is 13.5 Å². The molecule has 5 nitrogen and oxygen atoms in total. The lowest BCUT2D eigenvalue weighted by atomic mass is 10.1. The number of aryl methyl sites for hydroxylation is 2. The number of rotatable bonds is 4. The average molecular weight is 251 g/mol. The third kappa shape index (κ3) is 2.46. The molecular formula is C13H25N5. The van der Waals surface area contributed by atoms with Gasteiger partial charge in [0.25, 0.3) is 0 Å². The number of hydrogen-bond donors (Lipinski definition) is 1. The Bertz CT molecular complexity index is 412. The summed E-state index contributed by atoms with van der Waals surface area (Å²) in [6.45, 7) is 5.54. The Labute approximate surface area is 110 Å². The van der Waals surface area contributed by atoms with Crippen molar-refractivity contribution < 1.29 is 0 Å². The van der Waals surface area contributed by atoms with Crippen molar-refractivity contribution in [3.05, 3.63) is 5.69 Å². The molecular weight excluding hydrogens is 226 g/mol. The first-order valence-corrected chi connectivity index (χ1v) is 6.74. The van der Waals surface area contributed by atoms with E-state index in [9.17, 15) is 0 Å². The molecule has 0 radical (unpaired) electrons. The monoisotopic (exact) mass is 251 g/mol. The number of nitrogen functional groups attached to an aromatic ring is 1. The largest absolute Gasteiger partial charge is 0.394 e. The Hall–Kier alpha value is -1.23. The maximum absolute atomic E-state index is 6.18. The summed E-state index contributed by atoms with van der Waals surface area (Å²) in [5, 5.41) is 4.48. The number of anilines is 2. The minimum absolute atomic E-state index is 0.736. The van der Waals surface area contributed by atoms with E-state index < -0.39 is 0 Å². The summed E-state index contributed by atoms with van der Waals surface area (Å²) in [5.41, 5.74) is 8.03. The second-order valence-electron chi connectivity index (χ2n) is 5.46. The SMILES string of the molecule is CCc1nn(C)c(N(C)CC2CCN(C)C2)c1N. The van der Waals surface area contributed by atoms with Crippen molar-refractivity contribution in [2.45, 2.75) is 19.8 Å². The molecule has 1 atom stereocenters. The topological polar surface area (TPSA) is 50.3 Å². The molecule has 0 aliphatic carbocycles. The minimum atomic E-state index is 0.736. The van der Waals surface area contributed by atoms with Gasteiger partial charge in [0.1, 0.15) is 5.82 Å². The Morgan fingerprint density at radius 3 is 2.67 bits per heavy atom. The third-order valence-corrected chi connectivity index (χ3v) is 3.85. The molecule has 0 spiro atoms. The molecule has 2 heterocycles. The predicted octanol–water partition coefficient (Wildman–Crippen LogP) is 0.953. The van der Waals surface area contributed by atoms with Crippen molar-refractivity contribution in [3.63, 3.8) is 0 Å². The molecule has 0 aromatic carbocycles. The van der Waals surface area contributed by atoms with Crippen molar-refractivity contribution in [1.82, 2.24) is 14.7 Å². The van der Waals surface area contributed by atoms with E-state index in [0.717, 1.165) is 36.1 Å². The van der Waals surface area contributed by atoms with Gasteiger partial charge in [-0.25, -0.2) is 0 Å². The summed E-state index contributed by atoms with van der Waals surface area (Å²) in [7, 11) is 6.28. The van der Waals surface area contributed by atoms with Crippen LogP contribution in [0.1, 0.15) is 19.0 Å². The molecule has 1 unspecified atom stereocenters. The standard InChI is InChI=1S/C13H25N5/c1-5-11-12(14)13(18(4)15-11)17(3)9-10-6-7-16(2)8-10/h10H,5-9,14H2,1-4H3. The second kappa shape index (κ2) is 5.18. The van der Waals surface area contributed by atoms with E-state index in [1.807, 2.05) is 11.7 Å². The molecule has 0 amide bonds. The summed E-state index contributed by atoms with van der Waals surface area (Å²) in [5.74, 6) is 1.79. The normalized spacial score (nSPS) is 20.6. The van der Waals surface area contributed by atoms with E-state index in [0.29, 0.717) is 0 Å². The van der Waals surface area contributed by atoms with Crippen molar-refractivity contribution in [1.29, 1.82) is 0 Å². The molecule has 0 bridgehead atoms. The van der Waals surface area contributed by atoms with Crippen molar-refractivity contribution in [3.8, 4) is 0 Å². The zero-order valence-corrected chi connectivity index (χ0v) is 12.0. The van der Waals surface area contributed by atoms with Crippen LogP contribution in [0.15, 0.2) is 0 Å². The van der Waals surface area contributed by atoms with Crippen LogP contribution in [0.3, 0.4) is 0 Å². The molecule has 1 aromatic rings. The molecule has 1 aliphatic rings. The lowest BCUT2D eigenvalue weighted by molar-refractivity contribution is 0.395. The van der Waals surface area contributed by atoms with Gasteiger partial charge in [-0.3, -0.25) is 4.68 Å². The van der Waals surface area contributed by atoms with Gasteiger partial charge < -0.3 is 15.5 Å². The summed E-state index contributed by atoms with van der Waals surface area (Å²) in [4.78, 5) is 4.65. The number of nitrogens with zero attached hydrogens (tertiary/aromatic N) is 4. The average Bonchev–Trinajstić information content (AvgIpc) is 2.83. The van der Waals surface area contributed by atoms with Gasteiger partial charge in [0, 0.05) is 27.2 Å². The molecule has 1 fully saturated rings. The molecule has 5 heteroatoms. The summed E-state index contributed by atoms with van der Waals surface area (Å²) in [6, 6.07) is 0. The highest BCUT2D eigenvalue weighted by atomic mass is 15.4. The molecule has 102 valence electrons. The van der Waals surface area contributed by atoms with Crippen molar-refractivity contribution in [2.24, 2.45) is 13.0 Å². The van der Waals surface area contributed by atoms with Crippen molar-refractivity contribution in [2.75, 3.05) is 44.4 Å². The van der Waals surface area contributed by atoms with Gasteiger partial charge in [-0.15, -0.1) is 0 Å². The van der Waals surface area contributed by atoms with Gasteiger partial charge in [-0.2, -0.15) is 5.10 Å². The van der Waals surface area contributed by atoms with E-state index in [2.05, 4.69) is 35.9 Å². The Morgan fingerprint density at radius 1 is 1.44 bits per heavy atom. The van der Waals surface area contributed by atoms with E-state index in [1.54, 1.807) is 0 Å². The lowest BCUT2D eigenvalue weighted by Gasteiger charge is -2.23. The van der Waals surface area contributed by atoms with Crippen LogP contribution in [0.5, 0.6) is 0 Å². The van der Waals surface area contributed by atoms with Crippen LogP contribution in [0, 0.1) is 5.92 Å². The highest BCUT2D eigenvalue weighted by molar-refractivity contribution is 5.66. The van der Waals surface area contributed by atoms with Gasteiger partial charge in [-0.1, -0.05) is 6.92 Å². The van der Waals surface area contributed by atoms with Gasteiger partial charge >= 0.3 is 0 Å². The maximum atomic E-state index is 6.18. The van der Waals surface area contributed by atoms with E-state index in [-0.39, 0.29) is 0 Å². The molecule has 1 aliphatic heterocycles. The van der Waals surface area contributed by atoms with Gasteiger partial charge in [-0.05, 0) is 32.4 Å². The Balaban J connectivity index is 2.08. The fourth-order valence-electron chi connectivity index (χ4n) is 2.95. The quantitative estimate of drug-likeness (QED) is 0.866. The van der Waals surface area contributed by atoms with E-state index in [1.165, 1.54) is 19.5 Å². The third-order valence-electron chi connectivity index (χ3n) is 3.85. The van der Waals surface area contributed by atoms with Gasteiger partial charge in [0.15, 0.2) is 0 Å². The van der Waals surface area contributed by atoms with Crippen LogP contribution in [0.4, 0.5) is 11.5 Å². The first-order valence-electron chi connectivity index (χ1n) is 6.74. The fourth-order valence-corrected chi connectivity index (χ4v) is 2.95. The number of hydrogen-bond acceptors (Lipinski definition) is 4. The summed E-state index contributed by atoms with van der Waals surface area (Å²) < 4.78 is 1.91. The molecule has 1 aromatic heterocycles. The van der Waals surface area contributed by atoms with Crippen LogP contribution in [-0.4, -0.2) is 48.4 Å². The molecule has 1 saturated heterocycles. The smallest absolute Gasteiger partial charge is 0.150 e. The number of likely N-dealkylation sites (tertiary alicyclic amines) is 1. The van der Waals surface area contributed by atoms with Crippen LogP contribution >= 0.6 is 0 Å². The summed E-state index contributed by atoms with van der Waals surface area (Å²) >= 11 is 0. The van der Waals surface area contributed by atoms with Gasteiger partial charge in [0.2, 0.25) is 0 Å². The zero-order valence-electron chi connectivity index (χ0n) is 12.0. The second-order valence-corrected chi connectivity index (χ2v) is 5.46. The zero-order chi connectivity index (χ0) is 13.3. The number of aromatic nitrogens is 2. The molecule has 2 N–H and O–H groups in total.